The maximum atomic E-state index is 7.28. The van der Waals surface area contributed by atoms with Crippen LogP contribution in [-0.4, -0.2) is 14.5 Å². The van der Waals surface area contributed by atoms with Crippen molar-refractivity contribution in [3.8, 4) is 28.3 Å². The number of aromatic nitrogens is 3. The number of benzene rings is 4. The van der Waals surface area contributed by atoms with Crippen molar-refractivity contribution in [2.24, 2.45) is 0 Å². The van der Waals surface area contributed by atoms with Crippen LogP contribution in [0.4, 0.5) is 0 Å². The van der Waals surface area contributed by atoms with E-state index in [-0.39, 0.29) is 31.2 Å². The van der Waals surface area contributed by atoms with Gasteiger partial charge in [-0.3, -0.25) is 16.3 Å². The Labute approximate surface area is 311 Å². The number of hydrogen-bond donors (Lipinski definition) is 0. The summed E-state index contributed by atoms with van der Waals surface area (Å²) in [6, 6.07) is 32.5. The summed E-state index contributed by atoms with van der Waals surface area (Å²) in [6.45, 7) is 9.28. The van der Waals surface area contributed by atoms with E-state index in [0.29, 0.717) is 29.0 Å². The molecule has 3 heterocycles. The van der Waals surface area contributed by atoms with Crippen LogP contribution in [-0.2, 0) is 20.1 Å². The van der Waals surface area contributed by atoms with Gasteiger partial charge in [-0.05, 0) is 59.1 Å². The molecule has 0 aliphatic heterocycles. The fourth-order valence-electron chi connectivity index (χ4n) is 5.85. The van der Waals surface area contributed by atoms with Crippen LogP contribution in [0.25, 0.3) is 49.5 Å². The van der Waals surface area contributed by atoms with Crippen molar-refractivity contribution >= 4 is 32.5 Å². The zero-order valence-electron chi connectivity index (χ0n) is 34.1. The largest absolute Gasteiger partial charge is 0.333 e. The molecule has 7 rings (SSSR count). The van der Waals surface area contributed by atoms with Crippen LogP contribution >= 0.6 is 11.3 Å². The number of aryl methyl sites for hydroxylation is 2. The average molecular weight is 832 g/mol. The summed E-state index contributed by atoms with van der Waals surface area (Å²) in [7, 11) is 0. The number of pyridine rings is 1. The van der Waals surface area contributed by atoms with Gasteiger partial charge < -0.3 is 9.55 Å². The van der Waals surface area contributed by atoms with Crippen LogP contribution in [0.3, 0.4) is 0 Å². The average Bonchev–Trinajstić information content (AvgIpc) is 3.72. The van der Waals surface area contributed by atoms with Crippen molar-refractivity contribution in [1.82, 2.24) is 14.5 Å². The monoisotopic (exact) mass is 832 g/mol. The van der Waals surface area contributed by atoms with Crippen molar-refractivity contribution in [1.29, 1.82) is 0 Å². The van der Waals surface area contributed by atoms with Crippen LogP contribution in [0, 0.1) is 25.2 Å². The Morgan fingerprint density at radius 2 is 1.50 bits per heavy atom. The first-order chi connectivity index (χ1) is 25.0. The van der Waals surface area contributed by atoms with Gasteiger partial charge >= 0.3 is 0 Å². The van der Waals surface area contributed by atoms with E-state index in [4.69, 9.17) is 13.2 Å². The molecule has 0 aliphatic rings. The molecule has 0 fully saturated rings. The molecule has 4 aromatic carbocycles. The molecule has 0 unspecified atom stereocenters. The molecule has 0 aliphatic carbocycles. The molecular formula is C43H43IrN3S-2. The van der Waals surface area contributed by atoms with E-state index in [1.165, 1.54) is 56.9 Å². The molecule has 0 N–H and O–H groups in total. The molecule has 7 aromatic rings. The van der Waals surface area contributed by atoms with E-state index < -0.39 is 13.7 Å². The number of thiophene rings is 1. The molecule has 0 bridgehead atoms. The second kappa shape index (κ2) is 15.1. The summed E-state index contributed by atoms with van der Waals surface area (Å²) < 4.78 is 47.3. The van der Waals surface area contributed by atoms with Crippen LogP contribution in [0.2, 0.25) is 0 Å². The fourth-order valence-corrected chi connectivity index (χ4v) is 6.67. The molecule has 48 heavy (non-hydrogen) atoms. The van der Waals surface area contributed by atoms with Gasteiger partial charge in [0.2, 0.25) is 0 Å². The van der Waals surface area contributed by atoms with E-state index in [9.17, 15) is 0 Å². The molecule has 0 spiro atoms. The number of fused-ring (bicyclic) bond motifs is 2. The smallest absolute Gasteiger partial charge is 0.0774 e. The second-order valence-electron chi connectivity index (χ2n) is 12.8. The number of imidazole rings is 1. The maximum absolute atomic E-state index is 7.28. The predicted octanol–water partition coefficient (Wildman–Crippen LogP) is 12.2. The van der Waals surface area contributed by atoms with Gasteiger partial charge in [-0.15, -0.1) is 46.8 Å². The molecular weight excluding hydrogens is 783 g/mol. The number of nitrogens with zero attached hydrogens (tertiary/aromatic N) is 3. The Bertz CT molecular complexity index is 2270. The Balaban J connectivity index is 0.000000230. The number of rotatable bonds is 6. The van der Waals surface area contributed by atoms with Crippen molar-refractivity contribution in [2.75, 3.05) is 0 Å². The third-order valence-corrected chi connectivity index (χ3v) is 9.29. The summed E-state index contributed by atoms with van der Waals surface area (Å²) in [4.78, 5) is 9.27. The first-order valence-corrected chi connectivity index (χ1v) is 16.9. The third-order valence-electron chi connectivity index (χ3n) is 8.41. The van der Waals surface area contributed by atoms with E-state index >= 15 is 0 Å². The first kappa shape index (κ1) is 28.0. The quantitative estimate of drug-likeness (QED) is 0.156. The van der Waals surface area contributed by atoms with E-state index in [1.807, 2.05) is 0 Å². The van der Waals surface area contributed by atoms with Crippen molar-refractivity contribution in [3.63, 3.8) is 0 Å². The molecule has 5 heteroatoms. The summed E-state index contributed by atoms with van der Waals surface area (Å²) >= 11 is 1.69. The Kier molecular flexibility index (Phi) is 8.82. The summed E-state index contributed by atoms with van der Waals surface area (Å²) in [6.07, 6.45) is 1.30. The van der Waals surface area contributed by atoms with Crippen molar-refractivity contribution < 1.29 is 28.3 Å². The van der Waals surface area contributed by atoms with Crippen LogP contribution in [0.5, 0.6) is 0 Å². The van der Waals surface area contributed by atoms with Gasteiger partial charge in [0.05, 0.1) is 16.9 Å². The minimum atomic E-state index is -2.18. The van der Waals surface area contributed by atoms with Gasteiger partial charge in [0.15, 0.2) is 0 Å². The first-order valence-electron chi connectivity index (χ1n) is 19.1. The second-order valence-corrected chi connectivity index (χ2v) is 13.6. The normalized spacial score (nSPS) is 13.7. The van der Waals surface area contributed by atoms with Crippen molar-refractivity contribution in [3.05, 3.63) is 136 Å². The van der Waals surface area contributed by atoms with Crippen LogP contribution < -0.4 is 0 Å². The number of hydrogen-bond acceptors (Lipinski definition) is 3. The predicted molar refractivity (Wildman–Crippen MR) is 201 cm³/mol. The zero-order chi connectivity index (χ0) is 38.2. The van der Waals surface area contributed by atoms with Gasteiger partial charge in [0.25, 0.3) is 0 Å². The molecule has 0 atom stereocenters. The Morgan fingerprint density at radius 3 is 2.12 bits per heavy atom. The summed E-state index contributed by atoms with van der Waals surface area (Å²) in [5.74, 6) is 2.28. The van der Waals surface area contributed by atoms with Gasteiger partial charge in [0.1, 0.15) is 0 Å². The third kappa shape index (κ3) is 7.24. The van der Waals surface area contributed by atoms with Crippen LogP contribution in [0.15, 0.2) is 97.2 Å². The molecule has 3 aromatic heterocycles. The van der Waals surface area contributed by atoms with Crippen LogP contribution in [0.1, 0.15) is 95.3 Å². The standard InChI is InChI=1S/C30H31N2S.C13H12N.Ir/c1-18(2)21-14-15-28-24(16-21)25(17-33-28)30-31-26-12-7-8-13-27(26)32(30)29-22(19(3)4)10-9-11-23(29)20(5)6;1-10-3-6-12(7-4-10)13-8-5-11(2)9-14-13;/h7-16,18-20H,1-6H3;3-6,8-9H,1-2H3;/q2*-1;/i;1D3,2D3;. The van der Waals surface area contributed by atoms with Gasteiger partial charge in [0, 0.05) is 40.2 Å². The molecule has 3 nitrogen and oxygen atoms in total. The minimum Gasteiger partial charge on any atom is -0.333 e. The summed E-state index contributed by atoms with van der Waals surface area (Å²) in [5.41, 5.74) is 10.2. The summed E-state index contributed by atoms with van der Waals surface area (Å²) in [5, 5.41) is 4.87. The van der Waals surface area contributed by atoms with Crippen molar-refractivity contribution in [2.45, 2.75) is 73.0 Å². The van der Waals surface area contributed by atoms with Gasteiger partial charge in [-0.25, -0.2) is 0 Å². The van der Waals surface area contributed by atoms with E-state index in [2.05, 4.69) is 123 Å². The van der Waals surface area contributed by atoms with Gasteiger partial charge in [-0.1, -0.05) is 124 Å². The van der Waals surface area contributed by atoms with Gasteiger partial charge in [-0.2, -0.15) is 0 Å². The molecule has 0 saturated carbocycles. The molecule has 0 amide bonds. The van der Waals surface area contributed by atoms with E-state index in [1.54, 1.807) is 23.5 Å². The van der Waals surface area contributed by atoms with E-state index in [0.717, 1.165) is 22.4 Å². The minimum absolute atomic E-state index is 0. The maximum Gasteiger partial charge on any atom is 0.0774 e. The number of para-hydroxylation sites is 3. The fraction of sp³-hybridized carbons (Fsp3) is 0.256. The topological polar surface area (TPSA) is 30.7 Å². The molecule has 247 valence electrons. The zero-order valence-corrected chi connectivity index (χ0v) is 31.3. The Morgan fingerprint density at radius 1 is 0.771 bits per heavy atom. The Hall–Kier alpha value is -3.89. The molecule has 1 radical (unpaired) electrons. The SMILES string of the molecule is CC(C)c1ccc2s[c-]c(-c3nc4ccccc4n3-c3c(C(C)C)cccc3C(C)C)c2c1.[2H]C([2H])([2H])c1c[c-]c(-c2ccc(C([2H])([2H])[2H])cn2)cc1.[Ir]. The molecule has 0 saturated heterocycles.